The summed E-state index contributed by atoms with van der Waals surface area (Å²) in [4.78, 5) is 9.79. The van der Waals surface area contributed by atoms with E-state index in [1.165, 1.54) is 25.1 Å². The topological polar surface area (TPSA) is 98.6 Å². The van der Waals surface area contributed by atoms with E-state index in [2.05, 4.69) is 0 Å². The first-order chi connectivity index (χ1) is 6.50. The highest BCUT2D eigenvalue weighted by atomic mass is 16.6. The number of nitrogen functional groups attached to an aromatic ring is 1. The molecule has 0 aromatic heterocycles. The van der Waals surface area contributed by atoms with Crippen LogP contribution < -0.4 is 10.5 Å². The van der Waals surface area contributed by atoms with Crippen LogP contribution in [-0.4, -0.2) is 16.3 Å². The van der Waals surface area contributed by atoms with Gasteiger partial charge in [0.25, 0.3) is 5.69 Å². The Balaban J connectivity index is 2.95. The van der Waals surface area contributed by atoms with E-state index in [-0.39, 0.29) is 17.1 Å². The Morgan fingerprint density at radius 2 is 2.29 bits per heavy atom. The van der Waals surface area contributed by atoms with Crippen LogP contribution >= 0.6 is 0 Å². The lowest BCUT2D eigenvalue weighted by Crippen LogP contribution is -2.10. The minimum atomic E-state index is -1.00. The number of nitrogens with two attached hydrogens (primary N) is 1. The molecule has 0 bridgehead atoms. The van der Waals surface area contributed by atoms with Gasteiger partial charge in [-0.3, -0.25) is 10.1 Å². The summed E-state index contributed by atoms with van der Waals surface area (Å²) in [6.45, 7) is 1.42. The van der Waals surface area contributed by atoms with Crippen molar-refractivity contribution in [3.63, 3.8) is 0 Å². The van der Waals surface area contributed by atoms with E-state index in [9.17, 15) is 10.1 Å². The van der Waals surface area contributed by atoms with Crippen molar-refractivity contribution in [3.8, 4) is 5.75 Å². The zero-order chi connectivity index (χ0) is 10.7. The maximum Gasteiger partial charge on any atom is 0.271 e. The molecule has 0 fully saturated rings. The molecule has 76 valence electrons. The zero-order valence-electron chi connectivity index (χ0n) is 7.51. The molecule has 0 spiro atoms. The first-order valence-electron chi connectivity index (χ1n) is 3.89. The molecule has 6 heteroatoms. The van der Waals surface area contributed by atoms with Crippen molar-refractivity contribution in [1.82, 2.24) is 0 Å². The van der Waals surface area contributed by atoms with Gasteiger partial charge in [-0.25, -0.2) is 0 Å². The third kappa shape index (κ3) is 2.33. The van der Waals surface area contributed by atoms with Crippen LogP contribution in [0.25, 0.3) is 0 Å². The number of rotatable bonds is 3. The summed E-state index contributed by atoms with van der Waals surface area (Å²) in [5.41, 5.74) is 5.48. The van der Waals surface area contributed by atoms with Gasteiger partial charge in [0.15, 0.2) is 6.29 Å². The summed E-state index contributed by atoms with van der Waals surface area (Å²) in [5, 5.41) is 19.2. The first kappa shape index (κ1) is 10.3. The van der Waals surface area contributed by atoms with Gasteiger partial charge in [-0.05, 0) is 13.0 Å². The Morgan fingerprint density at radius 1 is 1.64 bits per heavy atom. The maximum absolute atomic E-state index is 10.3. The summed E-state index contributed by atoms with van der Waals surface area (Å²) in [7, 11) is 0. The van der Waals surface area contributed by atoms with Crippen molar-refractivity contribution >= 4 is 11.4 Å². The highest BCUT2D eigenvalue weighted by Gasteiger charge is 2.10. The highest BCUT2D eigenvalue weighted by Crippen LogP contribution is 2.26. The fourth-order valence-corrected chi connectivity index (χ4v) is 0.940. The Kier molecular flexibility index (Phi) is 2.88. The van der Waals surface area contributed by atoms with Crippen LogP contribution in [0.5, 0.6) is 5.75 Å². The Bertz CT molecular complexity index is 351. The van der Waals surface area contributed by atoms with Crippen LogP contribution in [0.15, 0.2) is 18.2 Å². The number of ether oxygens (including phenoxy) is 1. The van der Waals surface area contributed by atoms with Crippen LogP contribution in [0.1, 0.15) is 6.92 Å². The molecule has 1 unspecified atom stereocenters. The highest BCUT2D eigenvalue weighted by molar-refractivity contribution is 5.58. The summed E-state index contributed by atoms with van der Waals surface area (Å²) in [5.74, 6) is 0.227. The molecular formula is C8H10N2O4. The van der Waals surface area contributed by atoms with Gasteiger partial charge < -0.3 is 15.6 Å². The molecule has 6 nitrogen and oxygen atoms in total. The molecule has 3 N–H and O–H groups in total. The number of hydrogen-bond acceptors (Lipinski definition) is 5. The van der Waals surface area contributed by atoms with E-state index in [1.807, 2.05) is 0 Å². The lowest BCUT2D eigenvalue weighted by molar-refractivity contribution is -0.384. The van der Waals surface area contributed by atoms with Gasteiger partial charge in [-0.1, -0.05) is 0 Å². The van der Waals surface area contributed by atoms with Crippen molar-refractivity contribution in [2.24, 2.45) is 0 Å². The van der Waals surface area contributed by atoms with E-state index in [0.717, 1.165) is 0 Å². The van der Waals surface area contributed by atoms with Crippen LogP contribution in [0.3, 0.4) is 0 Å². The maximum atomic E-state index is 10.3. The average Bonchev–Trinajstić information content (AvgIpc) is 2.07. The molecule has 1 atom stereocenters. The van der Waals surface area contributed by atoms with E-state index >= 15 is 0 Å². The number of nitro groups is 1. The lowest BCUT2D eigenvalue weighted by Gasteiger charge is -2.10. The summed E-state index contributed by atoms with van der Waals surface area (Å²) < 4.78 is 4.89. The number of aliphatic hydroxyl groups excluding tert-OH is 1. The van der Waals surface area contributed by atoms with E-state index in [4.69, 9.17) is 15.6 Å². The van der Waals surface area contributed by atoms with Crippen molar-refractivity contribution < 1.29 is 14.8 Å². The molecule has 0 aliphatic heterocycles. The molecule has 1 rings (SSSR count). The second-order valence-corrected chi connectivity index (χ2v) is 2.70. The molecule has 0 aliphatic rings. The largest absolute Gasteiger partial charge is 0.463 e. The van der Waals surface area contributed by atoms with E-state index < -0.39 is 11.2 Å². The molecule has 0 heterocycles. The molecule has 1 aromatic rings. The van der Waals surface area contributed by atoms with Crippen LogP contribution in [0.4, 0.5) is 11.4 Å². The van der Waals surface area contributed by atoms with Crippen molar-refractivity contribution in [2.75, 3.05) is 5.73 Å². The van der Waals surface area contributed by atoms with Crippen molar-refractivity contribution in [2.45, 2.75) is 13.2 Å². The number of non-ortho nitro benzene ring substituents is 1. The third-order valence-corrected chi connectivity index (χ3v) is 1.50. The van der Waals surface area contributed by atoms with Gasteiger partial charge in [0.2, 0.25) is 0 Å². The standard InChI is InChI=1S/C8H10N2O4/c1-5(11)14-8-3-2-6(10(12)13)4-7(8)9/h2-5,11H,9H2,1H3. The number of anilines is 1. The van der Waals surface area contributed by atoms with Crippen LogP contribution in [-0.2, 0) is 0 Å². The third-order valence-electron chi connectivity index (χ3n) is 1.50. The number of nitrogens with zero attached hydrogens (tertiary/aromatic N) is 1. The minimum absolute atomic E-state index is 0.111. The van der Waals surface area contributed by atoms with Gasteiger partial charge in [-0.15, -0.1) is 0 Å². The zero-order valence-corrected chi connectivity index (χ0v) is 7.51. The Labute approximate surface area is 80.1 Å². The fourth-order valence-electron chi connectivity index (χ4n) is 0.940. The molecule has 0 aliphatic carbocycles. The van der Waals surface area contributed by atoms with Crippen LogP contribution in [0, 0.1) is 10.1 Å². The Hall–Kier alpha value is -1.82. The number of aliphatic hydroxyl groups is 1. The van der Waals surface area contributed by atoms with Crippen molar-refractivity contribution in [1.29, 1.82) is 0 Å². The summed E-state index contributed by atoms with van der Waals surface area (Å²) in [6.07, 6.45) is -1.00. The Morgan fingerprint density at radius 3 is 2.71 bits per heavy atom. The molecule has 1 aromatic carbocycles. The average molecular weight is 198 g/mol. The van der Waals surface area contributed by atoms with Gasteiger partial charge in [0.1, 0.15) is 5.75 Å². The van der Waals surface area contributed by atoms with E-state index in [0.29, 0.717) is 0 Å². The van der Waals surface area contributed by atoms with Gasteiger partial charge in [0, 0.05) is 12.1 Å². The molecule has 0 saturated carbocycles. The normalized spacial score (nSPS) is 12.1. The molecule has 14 heavy (non-hydrogen) atoms. The first-order valence-corrected chi connectivity index (χ1v) is 3.89. The van der Waals surface area contributed by atoms with E-state index in [1.54, 1.807) is 0 Å². The van der Waals surface area contributed by atoms with Gasteiger partial charge >= 0.3 is 0 Å². The number of nitro benzene ring substituents is 1. The second kappa shape index (κ2) is 3.93. The summed E-state index contributed by atoms with van der Waals surface area (Å²) >= 11 is 0. The second-order valence-electron chi connectivity index (χ2n) is 2.70. The molecule has 0 radical (unpaired) electrons. The SMILES string of the molecule is CC(O)Oc1ccc([N+](=O)[O-])cc1N. The smallest absolute Gasteiger partial charge is 0.271 e. The van der Waals surface area contributed by atoms with Gasteiger partial charge in [0.05, 0.1) is 10.6 Å². The molecule has 0 amide bonds. The predicted molar refractivity (Wildman–Crippen MR) is 49.8 cm³/mol. The quantitative estimate of drug-likeness (QED) is 0.325. The minimum Gasteiger partial charge on any atom is -0.463 e. The molecule has 0 saturated heterocycles. The predicted octanol–water partition coefficient (Wildman–Crippen LogP) is 0.894. The number of hydrogen-bond donors (Lipinski definition) is 2. The lowest BCUT2D eigenvalue weighted by atomic mass is 10.2. The van der Waals surface area contributed by atoms with Crippen molar-refractivity contribution in [3.05, 3.63) is 28.3 Å². The van der Waals surface area contributed by atoms with Crippen LogP contribution in [0.2, 0.25) is 0 Å². The summed E-state index contributed by atoms with van der Waals surface area (Å²) in [6, 6.07) is 3.78. The number of benzene rings is 1. The fraction of sp³-hybridized carbons (Fsp3) is 0.250. The van der Waals surface area contributed by atoms with Gasteiger partial charge in [-0.2, -0.15) is 0 Å². The molecular weight excluding hydrogens is 188 g/mol. The monoisotopic (exact) mass is 198 g/mol.